The molecule has 1 aromatic carbocycles. The van der Waals surface area contributed by atoms with Gasteiger partial charge in [-0.25, -0.2) is 4.74 Å². The lowest BCUT2D eigenvalue weighted by atomic mass is 10.2. The first-order chi connectivity index (χ1) is 5.70. The van der Waals surface area contributed by atoms with Crippen LogP contribution in [0.5, 0.6) is 0 Å². The topological polar surface area (TPSA) is 26.1 Å². The number of hydrogen-bond acceptors (Lipinski definition) is 1. The molecule has 64 valence electrons. The molecule has 0 aliphatic carbocycles. The molecule has 12 heavy (non-hydrogen) atoms. The van der Waals surface area contributed by atoms with E-state index in [0.717, 1.165) is 10.3 Å². The zero-order chi connectivity index (χ0) is 8.97. The molecular formula is C10H13NO. The smallest absolute Gasteiger partial charge is 0.182 e. The fourth-order valence-electron chi connectivity index (χ4n) is 0.835. The van der Waals surface area contributed by atoms with Crippen molar-refractivity contribution in [3.8, 4) is 0 Å². The van der Waals surface area contributed by atoms with E-state index in [2.05, 4.69) is 0 Å². The molecule has 2 heteroatoms. The highest BCUT2D eigenvalue weighted by Crippen LogP contribution is 1.95. The maximum atomic E-state index is 11.2. The van der Waals surface area contributed by atoms with Gasteiger partial charge in [-0.2, -0.15) is 0 Å². The van der Waals surface area contributed by atoms with Gasteiger partial charge in [-0.3, -0.25) is 0 Å². The van der Waals surface area contributed by atoms with Crippen LogP contribution in [0.15, 0.2) is 30.3 Å². The second-order valence-corrected chi connectivity index (χ2v) is 2.99. The molecule has 0 amide bonds. The summed E-state index contributed by atoms with van der Waals surface area (Å²) in [4.78, 5) is 0. The van der Waals surface area contributed by atoms with E-state index < -0.39 is 0 Å². The molecule has 0 saturated heterocycles. The van der Waals surface area contributed by atoms with Crippen molar-refractivity contribution < 1.29 is 4.74 Å². The second-order valence-electron chi connectivity index (χ2n) is 2.99. The van der Waals surface area contributed by atoms with Crippen molar-refractivity contribution in [2.75, 3.05) is 0 Å². The van der Waals surface area contributed by atoms with Crippen LogP contribution in [-0.2, 0) is 0 Å². The lowest BCUT2D eigenvalue weighted by molar-refractivity contribution is -0.487. The molecular weight excluding hydrogens is 150 g/mol. The van der Waals surface area contributed by atoms with Crippen molar-refractivity contribution in [1.82, 2.24) is 0 Å². The van der Waals surface area contributed by atoms with Crippen LogP contribution in [0.25, 0.3) is 0 Å². The standard InChI is InChI=1S/C10H13NO/c1-9(2)11(12)8-10-6-4-3-5-7-10/h3-9H,1-2H3. The van der Waals surface area contributed by atoms with Gasteiger partial charge in [0.25, 0.3) is 0 Å². The van der Waals surface area contributed by atoms with Crippen LogP contribution in [0.4, 0.5) is 0 Å². The van der Waals surface area contributed by atoms with E-state index in [0.29, 0.717) is 0 Å². The maximum Gasteiger partial charge on any atom is 0.182 e. The van der Waals surface area contributed by atoms with Gasteiger partial charge in [0, 0.05) is 5.56 Å². The van der Waals surface area contributed by atoms with Crippen molar-refractivity contribution in [2.24, 2.45) is 0 Å². The van der Waals surface area contributed by atoms with Crippen LogP contribution >= 0.6 is 0 Å². The van der Waals surface area contributed by atoms with Crippen molar-refractivity contribution in [3.63, 3.8) is 0 Å². The van der Waals surface area contributed by atoms with Gasteiger partial charge < -0.3 is 5.21 Å². The van der Waals surface area contributed by atoms with Crippen LogP contribution in [0.2, 0.25) is 0 Å². The van der Waals surface area contributed by atoms with Crippen LogP contribution in [0.3, 0.4) is 0 Å². The summed E-state index contributed by atoms with van der Waals surface area (Å²) in [6, 6.07) is 9.59. The summed E-state index contributed by atoms with van der Waals surface area (Å²) in [5.74, 6) is 0. The van der Waals surface area contributed by atoms with Gasteiger partial charge in [-0.1, -0.05) is 18.2 Å². The first kappa shape index (κ1) is 8.78. The molecule has 0 bridgehead atoms. The van der Waals surface area contributed by atoms with Crippen molar-refractivity contribution in [3.05, 3.63) is 41.1 Å². The van der Waals surface area contributed by atoms with E-state index in [4.69, 9.17) is 0 Å². The summed E-state index contributed by atoms with van der Waals surface area (Å²) in [7, 11) is 0. The lowest BCUT2D eigenvalue weighted by Gasteiger charge is -2.06. The Kier molecular flexibility index (Phi) is 2.86. The number of rotatable bonds is 2. The van der Waals surface area contributed by atoms with Gasteiger partial charge >= 0.3 is 0 Å². The van der Waals surface area contributed by atoms with E-state index in [-0.39, 0.29) is 6.04 Å². The van der Waals surface area contributed by atoms with Gasteiger partial charge in [0.15, 0.2) is 12.3 Å². The molecule has 0 aliphatic heterocycles. The Morgan fingerprint density at radius 1 is 1.25 bits per heavy atom. The summed E-state index contributed by atoms with van der Waals surface area (Å²) >= 11 is 0. The Bertz CT molecular complexity index is 264. The summed E-state index contributed by atoms with van der Waals surface area (Å²) in [5, 5.41) is 11.2. The Hall–Kier alpha value is -1.31. The summed E-state index contributed by atoms with van der Waals surface area (Å²) in [6.45, 7) is 3.74. The van der Waals surface area contributed by atoms with Crippen LogP contribution in [0, 0.1) is 5.21 Å². The highest BCUT2D eigenvalue weighted by Gasteiger charge is 1.99. The molecule has 1 rings (SSSR count). The maximum absolute atomic E-state index is 11.2. The Morgan fingerprint density at radius 2 is 1.83 bits per heavy atom. The first-order valence-electron chi connectivity index (χ1n) is 4.05. The van der Waals surface area contributed by atoms with Crippen molar-refractivity contribution >= 4 is 6.21 Å². The zero-order valence-corrected chi connectivity index (χ0v) is 7.40. The van der Waals surface area contributed by atoms with Gasteiger partial charge in [0.2, 0.25) is 0 Å². The Balaban J connectivity index is 2.81. The fourth-order valence-corrected chi connectivity index (χ4v) is 0.835. The van der Waals surface area contributed by atoms with E-state index in [1.54, 1.807) is 6.21 Å². The lowest BCUT2D eigenvalue weighted by Crippen LogP contribution is -2.14. The van der Waals surface area contributed by atoms with Gasteiger partial charge in [-0.15, -0.1) is 0 Å². The van der Waals surface area contributed by atoms with E-state index in [1.807, 2.05) is 44.2 Å². The number of hydroxylamine groups is 1. The van der Waals surface area contributed by atoms with Crippen LogP contribution in [-0.4, -0.2) is 17.0 Å². The normalized spacial score (nSPS) is 12.1. The monoisotopic (exact) mass is 163 g/mol. The third-order valence-electron chi connectivity index (χ3n) is 1.58. The molecule has 0 atom stereocenters. The Labute approximate surface area is 72.7 Å². The SMILES string of the molecule is CC(C)[N+]([O-])=Cc1ccccc1. The minimum Gasteiger partial charge on any atom is -0.624 e. The highest BCUT2D eigenvalue weighted by atomic mass is 16.5. The highest BCUT2D eigenvalue weighted by molar-refractivity contribution is 5.75. The molecule has 0 aromatic heterocycles. The molecule has 0 unspecified atom stereocenters. The fraction of sp³-hybridized carbons (Fsp3) is 0.300. The average Bonchev–Trinajstić information content (AvgIpc) is 2.06. The van der Waals surface area contributed by atoms with E-state index in [9.17, 15) is 5.21 Å². The molecule has 0 aliphatic rings. The third kappa shape index (κ3) is 2.38. The predicted octanol–water partition coefficient (Wildman–Crippen LogP) is 2.02. The minimum atomic E-state index is 0.00482. The predicted molar refractivity (Wildman–Crippen MR) is 50.4 cm³/mol. The molecule has 0 heterocycles. The largest absolute Gasteiger partial charge is 0.624 e. The number of hydrogen-bond donors (Lipinski definition) is 0. The van der Waals surface area contributed by atoms with Crippen LogP contribution < -0.4 is 0 Å². The summed E-state index contributed by atoms with van der Waals surface area (Å²) in [5.41, 5.74) is 0.946. The van der Waals surface area contributed by atoms with E-state index in [1.165, 1.54) is 0 Å². The quantitative estimate of drug-likeness (QED) is 0.283. The minimum absolute atomic E-state index is 0.00482. The van der Waals surface area contributed by atoms with Crippen LogP contribution in [0.1, 0.15) is 19.4 Å². The summed E-state index contributed by atoms with van der Waals surface area (Å²) in [6.07, 6.45) is 1.60. The molecule has 0 saturated carbocycles. The zero-order valence-electron chi connectivity index (χ0n) is 7.40. The Morgan fingerprint density at radius 3 is 2.33 bits per heavy atom. The molecule has 0 spiro atoms. The van der Waals surface area contributed by atoms with Gasteiger partial charge in [0.1, 0.15) is 0 Å². The average molecular weight is 163 g/mol. The van der Waals surface area contributed by atoms with Gasteiger partial charge in [-0.05, 0) is 26.0 Å². The van der Waals surface area contributed by atoms with Crippen molar-refractivity contribution in [1.29, 1.82) is 0 Å². The number of nitrogens with zero attached hydrogens (tertiary/aromatic N) is 1. The molecule has 2 nitrogen and oxygen atoms in total. The second kappa shape index (κ2) is 3.90. The molecule has 0 N–H and O–H groups in total. The molecule has 0 fully saturated rings. The van der Waals surface area contributed by atoms with Crippen molar-refractivity contribution in [2.45, 2.75) is 19.9 Å². The third-order valence-corrected chi connectivity index (χ3v) is 1.58. The molecule has 1 aromatic rings. The summed E-state index contributed by atoms with van der Waals surface area (Å²) < 4.78 is 0.954. The van der Waals surface area contributed by atoms with E-state index >= 15 is 0 Å². The number of benzene rings is 1. The first-order valence-corrected chi connectivity index (χ1v) is 4.05. The molecule has 0 radical (unpaired) electrons. The van der Waals surface area contributed by atoms with Gasteiger partial charge in [0.05, 0.1) is 0 Å².